The molecule has 0 fully saturated rings. The van der Waals surface area contributed by atoms with Crippen molar-refractivity contribution in [3.63, 3.8) is 0 Å². The summed E-state index contributed by atoms with van der Waals surface area (Å²) in [4.78, 5) is 2.04. The van der Waals surface area contributed by atoms with Gasteiger partial charge in [-0.2, -0.15) is 10.3 Å². The maximum atomic E-state index is 3.98. The molecule has 0 aliphatic rings. The number of H-pyrrole nitrogens is 1. The van der Waals surface area contributed by atoms with Crippen molar-refractivity contribution < 1.29 is 0 Å². The number of hydrogen-bond donors (Lipinski definition) is 2. The SMILES string of the molecule is CN(C)c1ccc(C=NNc2nn[nH]n2)cc1. The maximum absolute atomic E-state index is 3.98. The van der Waals surface area contributed by atoms with Gasteiger partial charge in [-0.3, -0.25) is 0 Å². The summed E-state index contributed by atoms with van der Waals surface area (Å²) in [6.07, 6.45) is 1.69. The Labute approximate surface area is 98.5 Å². The van der Waals surface area contributed by atoms with E-state index in [0.717, 1.165) is 11.3 Å². The van der Waals surface area contributed by atoms with Crippen molar-refractivity contribution in [1.82, 2.24) is 20.6 Å². The number of anilines is 2. The van der Waals surface area contributed by atoms with E-state index in [0.29, 0.717) is 5.95 Å². The summed E-state index contributed by atoms with van der Waals surface area (Å²) in [5.41, 5.74) is 4.79. The minimum absolute atomic E-state index is 0.339. The molecular weight excluding hydrogens is 218 g/mol. The number of hydrogen-bond acceptors (Lipinski definition) is 6. The third kappa shape index (κ3) is 3.00. The minimum atomic E-state index is 0.339. The predicted molar refractivity (Wildman–Crippen MR) is 66.2 cm³/mol. The van der Waals surface area contributed by atoms with Crippen LogP contribution in [0.3, 0.4) is 0 Å². The van der Waals surface area contributed by atoms with Crippen LogP contribution in [0, 0.1) is 0 Å². The van der Waals surface area contributed by atoms with Crippen molar-refractivity contribution in [2.75, 3.05) is 24.4 Å². The van der Waals surface area contributed by atoms with Crippen LogP contribution >= 0.6 is 0 Å². The molecule has 0 unspecified atom stereocenters. The monoisotopic (exact) mass is 231 g/mol. The highest BCUT2D eigenvalue weighted by Crippen LogP contribution is 2.10. The van der Waals surface area contributed by atoms with Gasteiger partial charge in [-0.25, -0.2) is 5.43 Å². The van der Waals surface area contributed by atoms with E-state index in [-0.39, 0.29) is 0 Å². The van der Waals surface area contributed by atoms with Crippen LogP contribution in [0.2, 0.25) is 0 Å². The van der Waals surface area contributed by atoms with Crippen molar-refractivity contribution in [2.24, 2.45) is 5.10 Å². The van der Waals surface area contributed by atoms with Gasteiger partial charge in [0.05, 0.1) is 6.21 Å². The average Bonchev–Trinajstić information content (AvgIpc) is 2.83. The number of rotatable bonds is 4. The van der Waals surface area contributed by atoms with E-state index < -0.39 is 0 Å². The number of nitrogens with one attached hydrogen (secondary N) is 2. The molecule has 0 aliphatic heterocycles. The number of nitrogens with zero attached hydrogens (tertiary/aromatic N) is 5. The third-order valence-corrected chi connectivity index (χ3v) is 2.13. The van der Waals surface area contributed by atoms with Crippen molar-refractivity contribution >= 4 is 17.9 Å². The van der Waals surface area contributed by atoms with Crippen molar-refractivity contribution in [2.45, 2.75) is 0 Å². The van der Waals surface area contributed by atoms with Gasteiger partial charge in [-0.1, -0.05) is 17.2 Å². The normalized spacial score (nSPS) is 10.7. The maximum Gasteiger partial charge on any atom is 0.283 e. The molecule has 2 rings (SSSR count). The van der Waals surface area contributed by atoms with Gasteiger partial charge in [-0.15, -0.1) is 5.10 Å². The summed E-state index contributed by atoms with van der Waals surface area (Å²) in [5.74, 6) is 0.339. The van der Waals surface area contributed by atoms with E-state index in [9.17, 15) is 0 Å². The fourth-order valence-corrected chi connectivity index (χ4v) is 1.23. The van der Waals surface area contributed by atoms with Gasteiger partial charge in [0.2, 0.25) is 0 Å². The first kappa shape index (κ1) is 11.1. The lowest BCUT2D eigenvalue weighted by Gasteiger charge is -2.11. The number of benzene rings is 1. The first-order valence-electron chi connectivity index (χ1n) is 5.05. The van der Waals surface area contributed by atoms with Crippen LogP contribution in [0.25, 0.3) is 0 Å². The summed E-state index contributed by atoms with van der Waals surface area (Å²) >= 11 is 0. The Morgan fingerprint density at radius 3 is 2.65 bits per heavy atom. The van der Waals surface area contributed by atoms with Gasteiger partial charge in [0.25, 0.3) is 5.95 Å². The van der Waals surface area contributed by atoms with Crippen LogP contribution in [0.15, 0.2) is 29.4 Å². The number of hydrazone groups is 1. The van der Waals surface area contributed by atoms with Gasteiger partial charge in [0.15, 0.2) is 0 Å². The Balaban J connectivity index is 1.96. The van der Waals surface area contributed by atoms with E-state index in [1.807, 2.05) is 43.3 Å². The quantitative estimate of drug-likeness (QED) is 0.598. The summed E-state index contributed by atoms with van der Waals surface area (Å²) in [5, 5.41) is 17.1. The van der Waals surface area contributed by atoms with E-state index in [2.05, 4.69) is 31.2 Å². The van der Waals surface area contributed by atoms with E-state index >= 15 is 0 Å². The molecule has 2 aromatic rings. The zero-order valence-corrected chi connectivity index (χ0v) is 9.62. The molecule has 0 spiro atoms. The molecule has 0 radical (unpaired) electrons. The van der Waals surface area contributed by atoms with E-state index in [4.69, 9.17) is 0 Å². The summed E-state index contributed by atoms with van der Waals surface area (Å²) in [7, 11) is 4.00. The molecule has 0 bridgehead atoms. The Morgan fingerprint density at radius 1 is 1.29 bits per heavy atom. The minimum Gasteiger partial charge on any atom is -0.378 e. The van der Waals surface area contributed by atoms with Crippen LogP contribution in [0.1, 0.15) is 5.56 Å². The van der Waals surface area contributed by atoms with Crippen LogP contribution in [-0.4, -0.2) is 40.9 Å². The van der Waals surface area contributed by atoms with Crippen molar-refractivity contribution in [3.8, 4) is 0 Å². The Bertz CT molecular complexity index is 472. The highest BCUT2D eigenvalue weighted by molar-refractivity contribution is 5.80. The van der Waals surface area contributed by atoms with E-state index in [1.165, 1.54) is 0 Å². The lowest BCUT2D eigenvalue weighted by Crippen LogP contribution is -2.08. The van der Waals surface area contributed by atoms with Gasteiger partial charge in [-0.05, 0) is 22.9 Å². The molecule has 7 nitrogen and oxygen atoms in total. The van der Waals surface area contributed by atoms with Crippen LogP contribution in [0.5, 0.6) is 0 Å². The molecular formula is C10H13N7. The molecule has 1 heterocycles. The molecule has 0 atom stereocenters. The molecule has 88 valence electrons. The van der Waals surface area contributed by atoms with Crippen molar-refractivity contribution in [1.29, 1.82) is 0 Å². The predicted octanol–water partition coefficient (Wildman–Crippen LogP) is 0.712. The second-order valence-corrected chi connectivity index (χ2v) is 3.59. The van der Waals surface area contributed by atoms with Gasteiger partial charge in [0, 0.05) is 19.8 Å². The van der Waals surface area contributed by atoms with Gasteiger partial charge < -0.3 is 4.90 Å². The second kappa shape index (κ2) is 5.06. The smallest absolute Gasteiger partial charge is 0.283 e. The summed E-state index contributed by atoms with van der Waals surface area (Å²) in [6.45, 7) is 0. The topological polar surface area (TPSA) is 82.1 Å². The fraction of sp³-hybridized carbons (Fsp3) is 0.200. The highest BCUT2D eigenvalue weighted by Gasteiger charge is 1.94. The Kier molecular flexibility index (Phi) is 3.29. The van der Waals surface area contributed by atoms with Crippen LogP contribution < -0.4 is 10.3 Å². The molecule has 1 aromatic heterocycles. The molecule has 17 heavy (non-hydrogen) atoms. The fourth-order valence-electron chi connectivity index (χ4n) is 1.23. The molecule has 1 aromatic carbocycles. The Morgan fingerprint density at radius 2 is 2.06 bits per heavy atom. The molecule has 0 saturated heterocycles. The van der Waals surface area contributed by atoms with E-state index in [1.54, 1.807) is 6.21 Å². The molecule has 0 aliphatic carbocycles. The standard InChI is InChI=1S/C10H13N7/c1-17(2)9-5-3-8(4-6-9)7-11-12-10-13-15-16-14-10/h3-7H,1-2H3,(H2,12,13,14,15,16). The number of tetrazole rings is 1. The molecule has 2 N–H and O–H groups in total. The zero-order chi connectivity index (χ0) is 12.1. The van der Waals surface area contributed by atoms with Gasteiger partial charge >= 0.3 is 0 Å². The zero-order valence-electron chi connectivity index (χ0n) is 9.62. The third-order valence-electron chi connectivity index (χ3n) is 2.13. The number of aromatic amines is 1. The first-order chi connectivity index (χ1) is 8.25. The van der Waals surface area contributed by atoms with Gasteiger partial charge in [0.1, 0.15) is 0 Å². The number of aromatic nitrogens is 4. The summed E-state index contributed by atoms with van der Waals surface area (Å²) < 4.78 is 0. The van der Waals surface area contributed by atoms with Crippen LogP contribution in [0.4, 0.5) is 11.6 Å². The highest BCUT2D eigenvalue weighted by atomic mass is 15.5. The first-order valence-corrected chi connectivity index (χ1v) is 5.05. The second-order valence-electron chi connectivity index (χ2n) is 3.59. The lowest BCUT2D eigenvalue weighted by atomic mass is 10.2. The molecule has 0 saturated carbocycles. The van der Waals surface area contributed by atoms with Crippen LogP contribution in [-0.2, 0) is 0 Å². The molecule has 7 heteroatoms. The lowest BCUT2D eigenvalue weighted by molar-refractivity contribution is 0.881. The largest absolute Gasteiger partial charge is 0.378 e. The Hall–Kier alpha value is -2.44. The molecule has 0 amide bonds. The van der Waals surface area contributed by atoms with Crippen molar-refractivity contribution in [3.05, 3.63) is 29.8 Å². The average molecular weight is 231 g/mol. The summed E-state index contributed by atoms with van der Waals surface area (Å²) in [6, 6.07) is 8.01.